The zero-order valence-corrected chi connectivity index (χ0v) is 9.21. The zero-order valence-electron chi connectivity index (χ0n) is 8.40. The molecule has 3 rings (SSSR count). The second kappa shape index (κ2) is 3.12. The zero-order chi connectivity index (χ0) is 11.3. The molecule has 80 valence electrons. The molecule has 0 aliphatic rings. The fourth-order valence-electron chi connectivity index (χ4n) is 1.67. The second-order valence-corrected chi connectivity index (χ2v) is 4.42. The normalized spacial score (nSPS) is 11.4. The summed E-state index contributed by atoms with van der Waals surface area (Å²) in [6.07, 6.45) is 0. The largest absolute Gasteiger partial charge is 0.269 e. The van der Waals surface area contributed by atoms with Gasteiger partial charge in [0.25, 0.3) is 5.56 Å². The fourth-order valence-corrected chi connectivity index (χ4v) is 2.50. The third-order valence-corrected chi connectivity index (χ3v) is 3.42. The molecule has 2 aromatic heterocycles. The highest BCUT2D eigenvalue weighted by Gasteiger charge is 2.09. The van der Waals surface area contributed by atoms with E-state index in [-0.39, 0.29) is 11.4 Å². The molecule has 0 aliphatic carbocycles. The van der Waals surface area contributed by atoms with Gasteiger partial charge in [-0.05, 0) is 19.1 Å². The van der Waals surface area contributed by atoms with Gasteiger partial charge in [0, 0.05) is 17.0 Å². The molecule has 0 atom stereocenters. The van der Waals surface area contributed by atoms with Gasteiger partial charge in [-0.1, -0.05) is 0 Å². The molecule has 5 heteroatoms. The Labute approximate surface area is 93.8 Å². The first-order valence-corrected chi connectivity index (χ1v) is 5.61. The highest BCUT2D eigenvalue weighted by atomic mass is 32.1. The van der Waals surface area contributed by atoms with Crippen molar-refractivity contribution < 1.29 is 4.39 Å². The van der Waals surface area contributed by atoms with E-state index in [1.165, 1.54) is 27.9 Å². The molecule has 0 unspecified atom stereocenters. The van der Waals surface area contributed by atoms with E-state index in [9.17, 15) is 9.18 Å². The summed E-state index contributed by atoms with van der Waals surface area (Å²) in [5.74, 6) is -0.343. The molecule has 0 aliphatic heterocycles. The Balaban J connectivity index is 2.63. The van der Waals surface area contributed by atoms with Crippen LogP contribution in [0.3, 0.4) is 0 Å². The van der Waals surface area contributed by atoms with E-state index in [1.807, 2.05) is 0 Å². The van der Waals surface area contributed by atoms with E-state index in [0.29, 0.717) is 21.6 Å². The van der Waals surface area contributed by atoms with Gasteiger partial charge >= 0.3 is 0 Å². The number of imidazole rings is 1. The Bertz CT molecular complexity index is 760. The van der Waals surface area contributed by atoms with Gasteiger partial charge in [0.05, 0.1) is 11.0 Å². The summed E-state index contributed by atoms with van der Waals surface area (Å²) >= 11 is 1.38. The number of rotatable bonds is 0. The quantitative estimate of drug-likeness (QED) is 0.598. The van der Waals surface area contributed by atoms with Crippen LogP contribution in [0.15, 0.2) is 28.4 Å². The number of hydrogen-bond acceptors (Lipinski definition) is 3. The summed E-state index contributed by atoms with van der Waals surface area (Å²) in [7, 11) is 0. The first-order chi connectivity index (χ1) is 7.66. The lowest BCUT2D eigenvalue weighted by Gasteiger charge is -1.94. The van der Waals surface area contributed by atoms with Crippen molar-refractivity contribution in [1.82, 2.24) is 9.38 Å². The van der Waals surface area contributed by atoms with Gasteiger partial charge in [-0.15, -0.1) is 11.3 Å². The maximum absolute atomic E-state index is 13.0. The van der Waals surface area contributed by atoms with Gasteiger partial charge in [-0.25, -0.2) is 13.8 Å². The Kier molecular flexibility index (Phi) is 1.85. The Morgan fingerprint density at radius 2 is 2.25 bits per heavy atom. The molecule has 3 nitrogen and oxygen atoms in total. The summed E-state index contributed by atoms with van der Waals surface area (Å²) in [5, 5.41) is 1.76. The molecule has 0 bridgehead atoms. The van der Waals surface area contributed by atoms with E-state index in [4.69, 9.17) is 0 Å². The number of aryl methyl sites for hydroxylation is 1. The number of halogens is 1. The van der Waals surface area contributed by atoms with Crippen LogP contribution in [0, 0.1) is 12.7 Å². The fraction of sp³-hybridized carbons (Fsp3) is 0.0909. The van der Waals surface area contributed by atoms with Gasteiger partial charge < -0.3 is 0 Å². The van der Waals surface area contributed by atoms with Crippen molar-refractivity contribution in [2.45, 2.75) is 6.92 Å². The minimum Gasteiger partial charge on any atom is -0.269 e. The molecule has 3 aromatic rings. The van der Waals surface area contributed by atoms with Crippen LogP contribution < -0.4 is 5.56 Å². The van der Waals surface area contributed by atoms with Crippen LogP contribution in [0.2, 0.25) is 0 Å². The molecule has 0 radical (unpaired) electrons. The molecular formula is C11H7FN2OS. The predicted molar refractivity (Wildman–Crippen MR) is 61.5 cm³/mol. The Morgan fingerprint density at radius 1 is 1.44 bits per heavy atom. The topological polar surface area (TPSA) is 34.4 Å². The monoisotopic (exact) mass is 234 g/mol. The molecule has 1 aromatic carbocycles. The lowest BCUT2D eigenvalue weighted by atomic mass is 10.3. The first kappa shape index (κ1) is 9.47. The molecule has 0 fully saturated rings. The van der Waals surface area contributed by atoms with Crippen molar-refractivity contribution >= 4 is 27.3 Å². The minimum absolute atomic E-state index is 0.0946. The van der Waals surface area contributed by atoms with Crippen LogP contribution in [0.5, 0.6) is 0 Å². The standard InChI is InChI=1S/C11H7FN2OS/c1-6-5-16-11-13-8-4-7(12)2-3-9(8)14(11)10(6)15/h2-5H,1H3. The van der Waals surface area contributed by atoms with Crippen molar-refractivity contribution in [2.24, 2.45) is 0 Å². The molecule has 0 spiro atoms. The maximum atomic E-state index is 13.0. The van der Waals surface area contributed by atoms with Crippen LogP contribution in [0.1, 0.15) is 5.56 Å². The maximum Gasteiger partial charge on any atom is 0.261 e. The third kappa shape index (κ3) is 1.18. The summed E-state index contributed by atoms with van der Waals surface area (Å²) < 4.78 is 14.5. The lowest BCUT2D eigenvalue weighted by Crippen LogP contribution is -2.13. The van der Waals surface area contributed by atoms with Gasteiger partial charge in [-0.3, -0.25) is 4.79 Å². The van der Waals surface area contributed by atoms with Gasteiger partial charge in [0.1, 0.15) is 5.82 Å². The molecule has 0 amide bonds. The van der Waals surface area contributed by atoms with E-state index in [0.717, 1.165) is 0 Å². The van der Waals surface area contributed by atoms with Crippen molar-refractivity contribution in [1.29, 1.82) is 0 Å². The number of hydrogen-bond donors (Lipinski definition) is 0. The van der Waals surface area contributed by atoms with Crippen molar-refractivity contribution in [3.05, 3.63) is 45.3 Å². The molecule has 0 N–H and O–H groups in total. The van der Waals surface area contributed by atoms with E-state index in [1.54, 1.807) is 18.4 Å². The average Bonchev–Trinajstić information content (AvgIpc) is 2.61. The van der Waals surface area contributed by atoms with Crippen molar-refractivity contribution in [2.75, 3.05) is 0 Å². The third-order valence-electron chi connectivity index (χ3n) is 2.47. The number of nitrogens with zero attached hydrogens (tertiary/aromatic N) is 2. The highest BCUT2D eigenvalue weighted by Crippen LogP contribution is 2.18. The molecule has 2 heterocycles. The molecule has 0 saturated carbocycles. The summed E-state index contributed by atoms with van der Waals surface area (Å²) in [4.78, 5) is 16.7. The first-order valence-electron chi connectivity index (χ1n) is 4.73. The van der Waals surface area contributed by atoms with Gasteiger partial charge in [0.2, 0.25) is 0 Å². The van der Waals surface area contributed by atoms with Crippen LogP contribution in [0.4, 0.5) is 4.39 Å². The molecule has 16 heavy (non-hydrogen) atoms. The van der Waals surface area contributed by atoms with Gasteiger partial charge in [-0.2, -0.15) is 0 Å². The molecular weight excluding hydrogens is 227 g/mol. The van der Waals surface area contributed by atoms with Crippen LogP contribution >= 0.6 is 11.3 Å². The van der Waals surface area contributed by atoms with Crippen molar-refractivity contribution in [3.63, 3.8) is 0 Å². The van der Waals surface area contributed by atoms with E-state index >= 15 is 0 Å². The van der Waals surface area contributed by atoms with E-state index < -0.39 is 0 Å². The summed E-state index contributed by atoms with van der Waals surface area (Å²) in [5.41, 5.74) is 1.74. The SMILES string of the molecule is Cc1csc2nc3cc(F)ccc3n2c1=O. The van der Waals surface area contributed by atoms with Crippen LogP contribution in [-0.4, -0.2) is 9.38 Å². The number of aromatic nitrogens is 2. The van der Waals surface area contributed by atoms with Gasteiger partial charge in [0.15, 0.2) is 4.96 Å². The Morgan fingerprint density at radius 3 is 3.06 bits per heavy atom. The van der Waals surface area contributed by atoms with Crippen LogP contribution in [0.25, 0.3) is 16.0 Å². The average molecular weight is 234 g/mol. The lowest BCUT2D eigenvalue weighted by molar-refractivity contribution is 0.629. The highest BCUT2D eigenvalue weighted by molar-refractivity contribution is 7.15. The number of benzene rings is 1. The summed E-state index contributed by atoms with van der Waals surface area (Å²) in [6.45, 7) is 1.76. The smallest absolute Gasteiger partial charge is 0.261 e. The second-order valence-electron chi connectivity index (χ2n) is 3.59. The Hall–Kier alpha value is -1.75. The summed E-state index contributed by atoms with van der Waals surface area (Å²) in [6, 6.07) is 4.25. The van der Waals surface area contributed by atoms with Crippen LogP contribution in [-0.2, 0) is 0 Å². The predicted octanol–water partition coefficient (Wildman–Crippen LogP) is 2.36. The number of fused-ring (bicyclic) bond motifs is 3. The van der Waals surface area contributed by atoms with Crippen molar-refractivity contribution in [3.8, 4) is 0 Å². The van der Waals surface area contributed by atoms with E-state index in [2.05, 4.69) is 4.98 Å². The minimum atomic E-state index is -0.343. The molecule has 0 saturated heterocycles.